The predicted octanol–water partition coefficient (Wildman–Crippen LogP) is 5.69. The average molecular weight is 335 g/mol. The molecule has 0 aliphatic heterocycles. The van der Waals surface area contributed by atoms with E-state index in [0.29, 0.717) is 5.92 Å². The van der Waals surface area contributed by atoms with Gasteiger partial charge < -0.3 is 9.53 Å². The summed E-state index contributed by atoms with van der Waals surface area (Å²) >= 11 is 0. The zero-order valence-electron chi connectivity index (χ0n) is 15.5. The smallest absolute Gasteiger partial charge is 0.193 e. The summed E-state index contributed by atoms with van der Waals surface area (Å²) in [6.07, 6.45) is 5.46. The number of hydrogen-bond donors (Lipinski definition) is 1. The van der Waals surface area contributed by atoms with Crippen LogP contribution in [-0.4, -0.2) is 19.5 Å². The molecule has 2 nitrogen and oxygen atoms in total. The molecule has 3 heteroatoms. The summed E-state index contributed by atoms with van der Waals surface area (Å²) in [4.78, 5) is 0. The van der Waals surface area contributed by atoms with Gasteiger partial charge >= 0.3 is 0 Å². The Balaban J connectivity index is 2.25. The number of hydrogen-bond acceptors (Lipinski definition) is 2. The van der Waals surface area contributed by atoms with E-state index in [2.05, 4.69) is 46.0 Å². The molecule has 0 amide bonds. The lowest BCUT2D eigenvalue weighted by molar-refractivity contribution is -0.0217. The largest absolute Gasteiger partial charge is 0.407 e. The third-order valence-electron chi connectivity index (χ3n) is 5.80. The minimum Gasteiger partial charge on any atom is -0.407 e. The molecule has 0 aromatic heterocycles. The predicted molar refractivity (Wildman–Crippen MR) is 100 cm³/mol. The van der Waals surface area contributed by atoms with Gasteiger partial charge in [-0.05, 0) is 42.5 Å². The van der Waals surface area contributed by atoms with E-state index in [1.807, 2.05) is 18.2 Å². The van der Waals surface area contributed by atoms with Crippen LogP contribution in [0.2, 0.25) is 18.1 Å². The van der Waals surface area contributed by atoms with E-state index in [1.165, 1.54) is 19.3 Å². The Morgan fingerprint density at radius 2 is 1.61 bits per heavy atom. The second-order valence-electron chi connectivity index (χ2n) is 8.60. The molecule has 1 fully saturated rings. The van der Waals surface area contributed by atoms with Crippen molar-refractivity contribution in [3.05, 3.63) is 35.9 Å². The SMILES string of the molecule is CC(C)(C)[Si](C)(C)O[C@H](c1ccccc1)[C@@H](O)C1CCCCC1. The fourth-order valence-corrected chi connectivity index (χ4v) is 4.46. The Morgan fingerprint density at radius 1 is 1.04 bits per heavy atom. The van der Waals surface area contributed by atoms with Crippen molar-refractivity contribution in [2.24, 2.45) is 5.92 Å². The van der Waals surface area contributed by atoms with E-state index >= 15 is 0 Å². The molecule has 1 aliphatic rings. The quantitative estimate of drug-likeness (QED) is 0.701. The molecule has 0 spiro atoms. The molecule has 2 atom stereocenters. The maximum atomic E-state index is 11.1. The van der Waals surface area contributed by atoms with Crippen LogP contribution in [0.25, 0.3) is 0 Å². The van der Waals surface area contributed by atoms with Crippen LogP contribution in [0.4, 0.5) is 0 Å². The third-order valence-corrected chi connectivity index (χ3v) is 10.3. The van der Waals surface area contributed by atoms with Crippen LogP contribution in [0.1, 0.15) is 64.5 Å². The first-order chi connectivity index (χ1) is 10.7. The van der Waals surface area contributed by atoms with Crippen LogP contribution in [-0.2, 0) is 4.43 Å². The van der Waals surface area contributed by atoms with Crippen molar-refractivity contribution in [2.45, 2.75) is 83.2 Å². The fourth-order valence-electron chi connectivity index (χ4n) is 3.19. The molecule has 1 aliphatic carbocycles. The van der Waals surface area contributed by atoms with E-state index in [9.17, 15) is 5.11 Å². The molecule has 0 heterocycles. The summed E-state index contributed by atoms with van der Waals surface area (Å²) < 4.78 is 6.69. The third kappa shape index (κ3) is 4.68. The van der Waals surface area contributed by atoms with Crippen LogP contribution in [0.5, 0.6) is 0 Å². The van der Waals surface area contributed by atoms with Gasteiger partial charge in [0.2, 0.25) is 0 Å². The summed E-state index contributed by atoms with van der Waals surface area (Å²) in [5.41, 5.74) is 1.12. The van der Waals surface area contributed by atoms with Gasteiger partial charge in [-0.3, -0.25) is 0 Å². The highest BCUT2D eigenvalue weighted by atomic mass is 28.4. The van der Waals surface area contributed by atoms with Gasteiger partial charge in [0.1, 0.15) is 0 Å². The van der Waals surface area contributed by atoms with Crippen molar-refractivity contribution < 1.29 is 9.53 Å². The van der Waals surface area contributed by atoms with E-state index < -0.39 is 14.4 Å². The van der Waals surface area contributed by atoms with Gasteiger partial charge in [-0.25, -0.2) is 0 Å². The minimum absolute atomic E-state index is 0.145. The molecule has 1 saturated carbocycles. The molecule has 2 rings (SSSR count). The lowest BCUT2D eigenvalue weighted by atomic mass is 9.82. The Bertz CT molecular complexity index is 472. The molecule has 0 saturated heterocycles. The lowest BCUT2D eigenvalue weighted by Crippen LogP contribution is -2.45. The fraction of sp³-hybridized carbons (Fsp3) is 0.700. The first kappa shape index (κ1) is 18.7. The highest BCUT2D eigenvalue weighted by Crippen LogP contribution is 2.42. The molecule has 0 bridgehead atoms. The molecule has 0 unspecified atom stereocenters. The Morgan fingerprint density at radius 3 is 2.13 bits per heavy atom. The maximum Gasteiger partial charge on any atom is 0.193 e. The number of rotatable bonds is 5. The normalized spacial score (nSPS) is 20.3. The molecule has 23 heavy (non-hydrogen) atoms. The van der Waals surface area contributed by atoms with E-state index in [4.69, 9.17) is 4.43 Å². The van der Waals surface area contributed by atoms with Crippen LogP contribution >= 0.6 is 0 Å². The van der Waals surface area contributed by atoms with Crippen molar-refractivity contribution in [1.29, 1.82) is 0 Å². The maximum absolute atomic E-state index is 11.1. The van der Waals surface area contributed by atoms with E-state index in [-0.39, 0.29) is 11.1 Å². The second-order valence-corrected chi connectivity index (χ2v) is 13.4. The highest BCUT2D eigenvalue weighted by Gasteiger charge is 2.42. The monoisotopic (exact) mass is 334 g/mol. The van der Waals surface area contributed by atoms with Crippen LogP contribution in [0, 0.1) is 5.92 Å². The molecule has 1 aromatic carbocycles. The van der Waals surface area contributed by atoms with Gasteiger partial charge in [-0.15, -0.1) is 0 Å². The Labute approximate surface area is 143 Å². The summed E-state index contributed by atoms with van der Waals surface area (Å²) in [5.74, 6) is 0.374. The summed E-state index contributed by atoms with van der Waals surface area (Å²) in [6, 6.07) is 10.3. The van der Waals surface area contributed by atoms with Crippen molar-refractivity contribution in [3.8, 4) is 0 Å². The average Bonchev–Trinajstić information content (AvgIpc) is 2.52. The minimum atomic E-state index is -1.94. The van der Waals surface area contributed by atoms with Crippen LogP contribution in [0.3, 0.4) is 0 Å². The first-order valence-corrected chi connectivity index (χ1v) is 12.0. The van der Waals surface area contributed by atoms with E-state index in [1.54, 1.807) is 0 Å². The number of benzene rings is 1. The molecule has 0 radical (unpaired) electrons. The highest BCUT2D eigenvalue weighted by molar-refractivity contribution is 6.74. The van der Waals surface area contributed by atoms with Gasteiger partial charge in [0.25, 0.3) is 0 Å². The van der Waals surface area contributed by atoms with Gasteiger partial charge in [0.05, 0.1) is 12.2 Å². The zero-order valence-corrected chi connectivity index (χ0v) is 16.5. The molecular formula is C20H34O2Si. The molecule has 1 aromatic rings. The number of aliphatic hydroxyl groups excluding tert-OH is 1. The van der Waals surface area contributed by atoms with Crippen molar-refractivity contribution in [2.75, 3.05) is 0 Å². The molecule has 1 N–H and O–H groups in total. The topological polar surface area (TPSA) is 29.5 Å². The molecule has 130 valence electrons. The molecular weight excluding hydrogens is 300 g/mol. The Hall–Kier alpha value is -0.643. The van der Waals surface area contributed by atoms with Crippen molar-refractivity contribution >= 4 is 8.32 Å². The van der Waals surface area contributed by atoms with Crippen LogP contribution < -0.4 is 0 Å². The Kier molecular flexibility index (Phi) is 6.09. The summed E-state index contributed by atoms with van der Waals surface area (Å²) in [5, 5.41) is 11.3. The zero-order chi connectivity index (χ0) is 17.1. The van der Waals surface area contributed by atoms with E-state index in [0.717, 1.165) is 18.4 Å². The standard InChI is InChI=1S/C20H34O2Si/c1-20(2,3)23(4,5)22-19(17-14-10-7-11-15-17)18(21)16-12-8-6-9-13-16/h7,10-11,14-16,18-19,21H,6,8-9,12-13H2,1-5H3/t18-,19+/m0/s1. The first-order valence-electron chi connectivity index (χ1n) is 9.13. The summed E-state index contributed by atoms with van der Waals surface area (Å²) in [6.45, 7) is 11.3. The van der Waals surface area contributed by atoms with Crippen molar-refractivity contribution in [3.63, 3.8) is 0 Å². The van der Waals surface area contributed by atoms with Gasteiger partial charge in [-0.2, -0.15) is 0 Å². The lowest BCUT2D eigenvalue weighted by Gasteiger charge is -2.42. The van der Waals surface area contributed by atoms with Gasteiger partial charge in [0, 0.05) is 0 Å². The van der Waals surface area contributed by atoms with Crippen molar-refractivity contribution in [1.82, 2.24) is 0 Å². The van der Waals surface area contributed by atoms with Gasteiger partial charge in [0.15, 0.2) is 8.32 Å². The summed E-state index contributed by atoms with van der Waals surface area (Å²) in [7, 11) is -1.94. The van der Waals surface area contributed by atoms with Crippen LogP contribution in [0.15, 0.2) is 30.3 Å². The van der Waals surface area contributed by atoms with Gasteiger partial charge in [-0.1, -0.05) is 70.4 Å². The number of aliphatic hydroxyl groups is 1. The second kappa shape index (κ2) is 7.50.